The van der Waals surface area contributed by atoms with Gasteiger partial charge in [-0.3, -0.25) is 4.79 Å². The Labute approximate surface area is 127 Å². The summed E-state index contributed by atoms with van der Waals surface area (Å²) in [4.78, 5) is 11.7. The van der Waals surface area contributed by atoms with Gasteiger partial charge in [-0.15, -0.1) is 0 Å². The lowest BCUT2D eigenvalue weighted by Gasteiger charge is -2.23. The van der Waals surface area contributed by atoms with Crippen molar-refractivity contribution < 1.29 is 14.3 Å². The third-order valence-electron chi connectivity index (χ3n) is 3.28. The quantitative estimate of drug-likeness (QED) is 0.785. The van der Waals surface area contributed by atoms with Crippen LogP contribution in [0.15, 0.2) is 24.3 Å². The van der Waals surface area contributed by atoms with E-state index in [-0.39, 0.29) is 17.4 Å². The zero-order valence-corrected chi connectivity index (χ0v) is 13.7. The van der Waals surface area contributed by atoms with Gasteiger partial charge in [0.25, 0.3) is 0 Å². The summed E-state index contributed by atoms with van der Waals surface area (Å²) in [6.07, 6.45) is 0.577. The second kappa shape index (κ2) is 8.03. The molecular formula is C17H27NO3. The number of hydrogen-bond donors (Lipinski definition) is 1. The van der Waals surface area contributed by atoms with Crippen molar-refractivity contribution in [2.45, 2.75) is 45.6 Å². The first-order chi connectivity index (χ1) is 9.90. The Morgan fingerprint density at radius 1 is 1.29 bits per heavy atom. The molecule has 0 fully saturated rings. The molecule has 1 N–H and O–H groups in total. The fraction of sp³-hybridized carbons (Fsp3) is 0.588. The number of benzene rings is 1. The van der Waals surface area contributed by atoms with E-state index >= 15 is 0 Å². The topological polar surface area (TPSA) is 47.6 Å². The molecule has 1 aromatic carbocycles. The van der Waals surface area contributed by atoms with Crippen LogP contribution in [0.1, 0.15) is 39.7 Å². The molecule has 0 spiro atoms. The molecule has 0 saturated heterocycles. The van der Waals surface area contributed by atoms with Crippen molar-refractivity contribution in [1.82, 2.24) is 5.32 Å². The predicted octanol–water partition coefficient (Wildman–Crippen LogP) is 2.90. The van der Waals surface area contributed by atoms with Crippen molar-refractivity contribution >= 4 is 5.97 Å². The number of carbonyl (C=O) groups excluding carboxylic acids is 1. The van der Waals surface area contributed by atoms with Gasteiger partial charge in [0.15, 0.2) is 0 Å². The van der Waals surface area contributed by atoms with Crippen molar-refractivity contribution in [3.05, 3.63) is 29.8 Å². The third kappa shape index (κ3) is 5.38. The monoisotopic (exact) mass is 293 g/mol. The summed E-state index contributed by atoms with van der Waals surface area (Å²) in [7, 11) is 1.75. The van der Waals surface area contributed by atoms with Crippen molar-refractivity contribution in [1.29, 1.82) is 0 Å². The number of para-hydroxylation sites is 1. The first kappa shape index (κ1) is 17.5. The maximum absolute atomic E-state index is 11.7. The maximum atomic E-state index is 11.7. The average molecular weight is 293 g/mol. The van der Waals surface area contributed by atoms with Gasteiger partial charge in [0.05, 0.1) is 13.2 Å². The summed E-state index contributed by atoms with van der Waals surface area (Å²) < 4.78 is 10.9. The highest BCUT2D eigenvalue weighted by atomic mass is 16.5. The van der Waals surface area contributed by atoms with Crippen LogP contribution in [0, 0.1) is 0 Å². The zero-order valence-electron chi connectivity index (χ0n) is 13.7. The van der Waals surface area contributed by atoms with Crippen LogP contribution < -0.4 is 10.1 Å². The molecule has 118 valence electrons. The summed E-state index contributed by atoms with van der Waals surface area (Å²) in [6, 6.07) is 7.70. The van der Waals surface area contributed by atoms with E-state index in [4.69, 9.17) is 9.47 Å². The Morgan fingerprint density at radius 3 is 2.52 bits per heavy atom. The Morgan fingerprint density at radius 2 is 1.95 bits per heavy atom. The van der Waals surface area contributed by atoms with E-state index in [0.29, 0.717) is 19.6 Å². The molecule has 21 heavy (non-hydrogen) atoms. The Balaban J connectivity index is 2.62. The van der Waals surface area contributed by atoms with E-state index in [2.05, 4.69) is 32.2 Å². The Bertz CT molecular complexity index is 452. The largest absolute Gasteiger partial charge is 0.493 e. The lowest BCUT2D eigenvalue weighted by atomic mass is 9.86. The fourth-order valence-corrected chi connectivity index (χ4v) is 2.12. The van der Waals surface area contributed by atoms with Gasteiger partial charge < -0.3 is 14.8 Å². The van der Waals surface area contributed by atoms with Gasteiger partial charge in [-0.25, -0.2) is 0 Å². The number of rotatable bonds is 7. The maximum Gasteiger partial charge on any atom is 0.323 e. The van der Waals surface area contributed by atoms with Crippen molar-refractivity contribution in [3.8, 4) is 5.75 Å². The smallest absolute Gasteiger partial charge is 0.323 e. The van der Waals surface area contributed by atoms with E-state index in [1.54, 1.807) is 14.0 Å². The minimum atomic E-state index is -0.327. The van der Waals surface area contributed by atoms with Crippen LogP contribution in [-0.4, -0.2) is 32.3 Å². The first-order valence-corrected chi connectivity index (χ1v) is 7.46. The average Bonchev–Trinajstić information content (AvgIpc) is 2.43. The molecule has 4 nitrogen and oxygen atoms in total. The molecule has 0 saturated carbocycles. The molecule has 0 heterocycles. The van der Waals surface area contributed by atoms with E-state index in [0.717, 1.165) is 5.75 Å². The summed E-state index contributed by atoms with van der Waals surface area (Å²) >= 11 is 0. The van der Waals surface area contributed by atoms with Crippen LogP contribution in [0.5, 0.6) is 5.75 Å². The summed E-state index contributed by atoms with van der Waals surface area (Å²) in [5.74, 6) is 0.649. The van der Waals surface area contributed by atoms with Crippen molar-refractivity contribution in [2.24, 2.45) is 0 Å². The van der Waals surface area contributed by atoms with Gasteiger partial charge in [0, 0.05) is 6.42 Å². The van der Waals surface area contributed by atoms with Crippen LogP contribution in [-0.2, 0) is 14.9 Å². The van der Waals surface area contributed by atoms with Gasteiger partial charge in [0.1, 0.15) is 11.8 Å². The standard InChI is InChI=1S/C17H27NO3/c1-6-20-16(19)14(18-5)11-12-21-15-10-8-7-9-13(15)17(2,3)4/h7-10,14,18H,6,11-12H2,1-5H3. The molecule has 0 aliphatic carbocycles. The highest BCUT2D eigenvalue weighted by Crippen LogP contribution is 2.30. The zero-order chi connectivity index (χ0) is 15.9. The molecule has 0 aromatic heterocycles. The number of hydrogen-bond acceptors (Lipinski definition) is 4. The van der Waals surface area contributed by atoms with E-state index in [1.807, 2.05) is 18.2 Å². The van der Waals surface area contributed by atoms with E-state index in [9.17, 15) is 4.79 Å². The molecule has 1 rings (SSSR count). The number of nitrogens with one attached hydrogen (secondary N) is 1. The lowest BCUT2D eigenvalue weighted by Crippen LogP contribution is -2.37. The second-order valence-electron chi connectivity index (χ2n) is 5.98. The minimum absolute atomic E-state index is 0.0279. The molecule has 0 amide bonds. The highest BCUT2D eigenvalue weighted by molar-refractivity contribution is 5.75. The molecule has 1 atom stereocenters. The number of esters is 1. The molecule has 0 radical (unpaired) electrons. The Kier molecular flexibility index (Phi) is 6.69. The molecule has 0 bridgehead atoms. The highest BCUT2D eigenvalue weighted by Gasteiger charge is 2.20. The number of carbonyl (C=O) groups is 1. The van der Waals surface area contributed by atoms with E-state index < -0.39 is 0 Å². The van der Waals surface area contributed by atoms with Crippen LogP contribution in [0.25, 0.3) is 0 Å². The van der Waals surface area contributed by atoms with Gasteiger partial charge in [-0.2, -0.15) is 0 Å². The molecule has 1 aromatic rings. The van der Waals surface area contributed by atoms with Crippen LogP contribution in [0.3, 0.4) is 0 Å². The number of likely N-dealkylation sites (N-methyl/N-ethyl adjacent to an activating group) is 1. The first-order valence-electron chi connectivity index (χ1n) is 7.46. The minimum Gasteiger partial charge on any atom is -0.493 e. The normalized spacial score (nSPS) is 12.8. The SMILES string of the molecule is CCOC(=O)C(CCOc1ccccc1C(C)(C)C)NC. The molecule has 4 heteroatoms. The van der Waals surface area contributed by atoms with Gasteiger partial charge in [-0.1, -0.05) is 39.0 Å². The Hall–Kier alpha value is -1.55. The van der Waals surface area contributed by atoms with Crippen LogP contribution in [0.2, 0.25) is 0 Å². The van der Waals surface area contributed by atoms with Crippen LogP contribution in [0.4, 0.5) is 0 Å². The number of ether oxygens (including phenoxy) is 2. The fourth-order valence-electron chi connectivity index (χ4n) is 2.12. The van der Waals surface area contributed by atoms with Gasteiger partial charge >= 0.3 is 5.97 Å². The predicted molar refractivity (Wildman–Crippen MR) is 84.7 cm³/mol. The van der Waals surface area contributed by atoms with Crippen molar-refractivity contribution in [3.63, 3.8) is 0 Å². The third-order valence-corrected chi connectivity index (χ3v) is 3.28. The molecule has 0 aliphatic heterocycles. The second-order valence-corrected chi connectivity index (χ2v) is 5.98. The van der Waals surface area contributed by atoms with Gasteiger partial charge in [-0.05, 0) is 31.0 Å². The van der Waals surface area contributed by atoms with Gasteiger partial charge in [0.2, 0.25) is 0 Å². The summed E-state index contributed by atoms with van der Waals surface area (Å²) in [5.41, 5.74) is 1.20. The van der Waals surface area contributed by atoms with E-state index in [1.165, 1.54) is 5.56 Å². The summed E-state index contributed by atoms with van der Waals surface area (Å²) in [6.45, 7) is 9.14. The molecular weight excluding hydrogens is 266 g/mol. The molecule has 0 aliphatic rings. The molecule has 1 unspecified atom stereocenters. The summed E-state index contributed by atoms with van der Waals surface area (Å²) in [5, 5.41) is 2.96. The van der Waals surface area contributed by atoms with Crippen molar-refractivity contribution in [2.75, 3.05) is 20.3 Å². The van der Waals surface area contributed by atoms with Crippen LogP contribution >= 0.6 is 0 Å². The lowest BCUT2D eigenvalue weighted by molar-refractivity contribution is -0.145.